The van der Waals surface area contributed by atoms with Crippen molar-refractivity contribution in [1.82, 2.24) is 4.57 Å². The van der Waals surface area contributed by atoms with E-state index in [1.54, 1.807) is 5.57 Å². The van der Waals surface area contributed by atoms with Gasteiger partial charge in [-0.25, -0.2) is 0 Å². The lowest BCUT2D eigenvalue weighted by molar-refractivity contribution is 0.373. The lowest BCUT2D eigenvalue weighted by Crippen LogP contribution is -2.28. The second kappa shape index (κ2) is 19.6. The van der Waals surface area contributed by atoms with Crippen LogP contribution in [0.1, 0.15) is 65.8 Å². The summed E-state index contributed by atoms with van der Waals surface area (Å²) in [5.74, 6) is 0.985. The molecule has 1 saturated carbocycles. The Kier molecular flexibility index (Phi) is 11.7. The number of para-hydroxylation sites is 5. The second-order valence-corrected chi connectivity index (χ2v) is 22.1. The number of fused-ring (bicyclic) bond motifs is 7. The Bertz CT molecular complexity index is 4200. The van der Waals surface area contributed by atoms with Crippen molar-refractivity contribution in [3.05, 3.63) is 324 Å². The normalized spacial score (nSPS) is 17.2. The molecule has 2 atom stereocenters. The van der Waals surface area contributed by atoms with Gasteiger partial charge in [0, 0.05) is 45.1 Å². The number of aromatic nitrogens is 1. The smallest absolute Gasteiger partial charge is 0.0713 e. The van der Waals surface area contributed by atoms with E-state index in [0.29, 0.717) is 5.92 Å². The summed E-state index contributed by atoms with van der Waals surface area (Å²) in [7, 11) is 0. The lowest BCUT2D eigenvalue weighted by Gasteiger charge is -2.39. The second-order valence-electron chi connectivity index (χ2n) is 22.1. The molecule has 0 spiro atoms. The topological polar surface area (TPSA) is 8.17 Å². The zero-order valence-corrected chi connectivity index (χ0v) is 44.3. The highest BCUT2D eigenvalue weighted by molar-refractivity contribution is 6.10. The van der Waals surface area contributed by atoms with Crippen LogP contribution in [0.2, 0.25) is 0 Å². The lowest BCUT2D eigenvalue weighted by atomic mass is 9.66. The number of anilines is 3. The quantitative estimate of drug-likeness (QED) is 0.133. The maximum Gasteiger partial charge on any atom is 0.0713 e. The Hall–Kier alpha value is -9.24. The first-order valence-electron chi connectivity index (χ1n) is 28.5. The summed E-state index contributed by atoms with van der Waals surface area (Å²) in [5, 5.41) is 2.49. The molecule has 4 aliphatic carbocycles. The maximum atomic E-state index is 2.62. The molecule has 0 bridgehead atoms. The van der Waals surface area contributed by atoms with E-state index in [4.69, 9.17) is 0 Å². The number of hydrogen-bond donors (Lipinski definition) is 0. The largest absolute Gasteiger partial charge is 0.309 e. The highest BCUT2D eigenvalue weighted by atomic mass is 15.2. The van der Waals surface area contributed by atoms with Gasteiger partial charge in [0.2, 0.25) is 0 Å². The van der Waals surface area contributed by atoms with Crippen LogP contribution in [0.5, 0.6) is 0 Å². The summed E-state index contributed by atoms with van der Waals surface area (Å²) < 4.78 is 2.44. The third kappa shape index (κ3) is 7.68. The molecule has 15 rings (SSSR count). The van der Waals surface area contributed by atoms with Crippen molar-refractivity contribution in [2.24, 2.45) is 11.8 Å². The Morgan fingerprint density at radius 2 is 0.987 bits per heavy atom. The SMILES string of the molecule is C1=CC2=CC=CC(c3ccccc3N(c3ccccc3-c3ccc4c(c3)C(c3ccccc3)(c3ccccc3)c3ccccc3-4)c3ccccc3-c3ccc4c5ccccc5n(-c5ccccc5)c4c3)C2C(C2CCCCC2)=C1. The van der Waals surface area contributed by atoms with Gasteiger partial charge in [-0.2, -0.15) is 0 Å². The zero-order valence-electron chi connectivity index (χ0n) is 44.3. The molecule has 1 aromatic heterocycles. The van der Waals surface area contributed by atoms with Gasteiger partial charge in [0.15, 0.2) is 0 Å². The molecule has 1 fully saturated rings. The number of hydrogen-bond acceptors (Lipinski definition) is 1. The van der Waals surface area contributed by atoms with Gasteiger partial charge >= 0.3 is 0 Å². The fourth-order valence-corrected chi connectivity index (χ4v) is 14.5. The van der Waals surface area contributed by atoms with Gasteiger partial charge in [-0.1, -0.05) is 261 Å². The minimum atomic E-state index is -0.532. The molecule has 11 aromatic rings. The van der Waals surface area contributed by atoms with Crippen LogP contribution in [-0.4, -0.2) is 4.57 Å². The maximum absolute atomic E-state index is 2.62. The number of nitrogens with zero attached hydrogens (tertiary/aromatic N) is 2. The third-order valence-electron chi connectivity index (χ3n) is 17.9. The molecule has 0 N–H and O–H groups in total. The molecule has 0 radical (unpaired) electrons. The van der Waals surface area contributed by atoms with Crippen molar-refractivity contribution < 1.29 is 0 Å². The van der Waals surface area contributed by atoms with E-state index < -0.39 is 5.41 Å². The van der Waals surface area contributed by atoms with E-state index in [0.717, 1.165) is 22.6 Å². The average molecular weight is 1010 g/mol. The van der Waals surface area contributed by atoms with Crippen LogP contribution in [0.4, 0.5) is 17.1 Å². The summed E-state index contributed by atoms with van der Waals surface area (Å²) in [5.41, 5.74) is 23.2. The van der Waals surface area contributed by atoms with Crippen molar-refractivity contribution in [3.8, 4) is 39.1 Å². The molecule has 0 aliphatic heterocycles. The summed E-state index contributed by atoms with van der Waals surface area (Å²) in [4.78, 5) is 2.62. The van der Waals surface area contributed by atoms with E-state index >= 15 is 0 Å². The van der Waals surface area contributed by atoms with E-state index in [9.17, 15) is 0 Å². The van der Waals surface area contributed by atoms with E-state index in [2.05, 4.69) is 295 Å². The Morgan fingerprint density at radius 3 is 1.72 bits per heavy atom. The molecular weight excluding hydrogens is 953 g/mol. The van der Waals surface area contributed by atoms with Crippen LogP contribution < -0.4 is 4.90 Å². The van der Waals surface area contributed by atoms with Gasteiger partial charge < -0.3 is 9.47 Å². The van der Waals surface area contributed by atoms with Crippen LogP contribution in [0, 0.1) is 11.8 Å². The van der Waals surface area contributed by atoms with Gasteiger partial charge in [0.05, 0.1) is 27.8 Å². The minimum absolute atomic E-state index is 0.130. The fourth-order valence-electron chi connectivity index (χ4n) is 14.5. The predicted molar refractivity (Wildman–Crippen MR) is 331 cm³/mol. The number of benzene rings is 10. The molecule has 0 amide bonds. The summed E-state index contributed by atoms with van der Waals surface area (Å²) in [6.07, 6.45) is 20.9. The Morgan fingerprint density at radius 1 is 0.418 bits per heavy atom. The van der Waals surface area contributed by atoms with Crippen LogP contribution in [0.3, 0.4) is 0 Å². The first kappa shape index (κ1) is 47.0. The van der Waals surface area contributed by atoms with Gasteiger partial charge in [0.25, 0.3) is 0 Å². The molecule has 79 heavy (non-hydrogen) atoms. The highest BCUT2D eigenvalue weighted by Gasteiger charge is 2.46. The van der Waals surface area contributed by atoms with E-state index in [1.807, 2.05) is 0 Å². The van der Waals surface area contributed by atoms with Crippen molar-refractivity contribution in [2.45, 2.75) is 43.4 Å². The Balaban J connectivity index is 0.967. The first-order valence-corrected chi connectivity index (χ1v) is 28.5. The summed E-state index contributed by atoms with van der Waals surface area (Å²) in [6, 6.07) is 93.2. The summed E-state index contributed by atoms with van der Waals surface area (Å²) in [6.45, 7) is 0. The zero-order chi connectivity index (χ0) is 52.3. The van der Waals surface area contributed by atoms with E-state index in [1.165, 1.54) is 121 Å². The monoisotopic (exact) mass is 1010 g/mol. The third-order valence-corrected chi connectivity index (χ3v) is 17.9. The molecule has 2 nitrogen and oxygen atoms in total. The average Bonchev–Trinajstić information content (AvgIpc) is 4.07. The predicted octanol–water partition coefficient (Wildman–Crippen LogP) is 20.2. The molecular formula is C77H60N2. The minimum Gasteiger partial charge on any atom is -0.309 e. The van der Waals surface area contributed by atoms with Gasteiger partial charge in [-0.15, -0.1) is 0 Å². The molecule has 1 heterocycles. The van der Waals surface area contributed by atoms with Crippen LogP contribution in [0.25, 0.3) is 60.9 Å². The molecule has 0 saturated heterocycles. The van der Waals surface area contributed by atoms with Crippen LogP contribution >= 0.6 is 0 Å². The highest BCUT2D eigenvalue weighted by Crippen LogP contribution is 2.58. The van der Waals surface area contributed by atoms with Crippen molar-refractivity contribution in [1.29, 1.82) is 0 Å². The van der Waals surface area contributed by atoms with E-state index in [-0.39, 0.29) is 11.8 Å². The van der Waals surface area contributed by atoms with Gasteiger partial charge in [-0.3, -0.25) is 0 Å². The van der Waals surface area contributed by atoms with Crippen LogP contribution in [0.15, 0.2) is 296 Å². The van der Waals surface area contributed by atoms with Gasteiger partial charge in [-0.05, 0) is 123 Å². The molecule has 4 aliphatic rings. The first-order chi connectivity index (χ1) is 39.2. The van der Waals surface area contributed by atoms with Gasteiger partial charge in [0.1, 0.15) is 0 Å². The standard InChI is InChI=1S/C77H60N2/c1-5-25-53(26-6-1)62-40-23-27-54-28-24-41-68(76(54)62)66-39-17-22-46-74(66)79(72-44-20-15-36-61(72)56-48-50-67-65-38-16-21-45-73(65)78(75(67)52-56)59-33-11-4-12-34-59)71-43-19-14-35-60(71)55-47-49-64-63-37-13-18-42-69(63)77(70(64)51-55,57-29-7-2-8-30-57)58-31-9-3-10-32-58/h2-4,7-24,27-53,68,76H,1,5-6,25-26H2. The van der Waals surface area contributed by atoms with Crippen molar-refractivity contribution >= 4 is 38.9 Å². The molecule has 2 unspecified atom stereocenters. The molecule has 10 aromatic carbocycles. The van der Waals surface area contributed by atoms with Crippen molar-refractivity contribution in [3.63, 3.8) is 0 Å². The fraction of sp³-hybridized carbons (Fsp3) is 0.117. The molecule has 2 heteroatoms. The molecule has 378 valence electrons. The van der Waals surface area contributed by atoms with Crippen molar-refractivity contribution in [2.75, 3.05) is 4.90 Å². The number of rotatable bonds is 10. The Labute approximate surface area is 464 Å². The summed E-state index contributed by atoms with van der Waals surface area (Å²) >= 11 is 0. The van der Waals surface area contributed by atoms with Crippen LogP contribution in [-0.2, 0) is 5.41 Å². The number of allylic oxidation sites excluding steroid dienone is 8.